The fraction of sp³-hybridized carbons (Fsp3) is 0.562. The quantitative estimate of drug-likeness (QED) is 0.252. The minimum absolute atomic E-state index is 0.296. The van der Waals surface area contributed by atoms with Crippen LogP contribution in [0.2, 0.25) is 0 Å². The minimum atomic E-state index is -6.00. The summed E-state index contributed by atoms with van der Waals surface area (Å²) in [6.45, 7) is 4.45. The molecule has 0 atom stereocenters. The first-order valence-electron chi connectivity index (χ1n) is 7.87. The molecule has 0 unspecified atom stereocenters. The number of benzene rings is 1. The summed E-state index contributed by atoms with van der Waals surface area (Å²) in [7, 11) is -5.70. The van der Waals surface area contributed by atoms with Gasteiger partial charge in [-0.05, 0) is 23.7 Å². The standard InChI is InChI=1S/C16H25OS.BF4/c1-3-5-12-18(13-6-4-2)14-16(17)15-10-8-7-9-11-15;2-1(3,4)5/h7-11H,3-6,12-14H2,1-2H3;/q+1;-1. The zero-order valence-electron chi connectivity index (χ0n) is 13.7. The van der Waals surface area contributed by atoms with Gasteiger partial charge in [-0.1, -0.05) is 57.0 Å². The molecule has 0 fully saturated rings. The minimum Gasteiger partial charge on any atom is -0.418 e. The zero-order chi connectivity index (χ0) is 17.7. The molecule has 0 aliphatic carbocycles. The van der Waals surface area contributed by atoms with Gasteiger partial charge in [-0.15, -0.1) is 0 Å². The maximum atomic E-state index is 12.2. The van der Waals surface area contributed by atoms with Crippen molar-refractivity contribution in [3.63, 3.8) is 0 Å². The largest absolute Gasteiger partial charge is 0.673 e. The second-order valence-electron chi connectivity index (χ2n) is 5.16. The van der Waals surface area contributed by atoms with Crippen molar-refractivity contribution in [2.24, 2.45) is 0 Å². The molecule has 132 valence electrons. The molecule has 0 spiro atoms. The van der Waals surface area contributed by atoms with Crippen molar-refractivity contribution in [2.45, 2.75) is 39.5 Å². The molecule has 0 aliphatic heterocycles. The number of carbonyl (C=O) groups excluding carboxylic acids is 1. The van der Waals surface area contributed by atoms with E-state index in [2.05, 4.69) is 13.8 Å². The molecule has 0 heterocycles. The molecule has 7 heteroatoms. The second-order valence-corrected chi connectivity index (χ2v) is 7.49. The number of hydrogen-bond acceptors (Lipinski definition) is 1. The first kappa shape index (κ1) is 22.0. The van der Waals surface area contributed by atoms with E-state index in [9.17, 15) is 22.1 Å². The Bertz CT molecular complexity index is 412. The van der Waals surface area contributed by atoms with Crippen LogP contribution in [0.4, 0.5) is 17.3 Å². The van der Waals surface area contributed by atoms with E-state index >= 15 is 0 Å². The molecule has 0 N–H and O–H groups in total. The van der Waals surface area contributed by atoms with E-state index in [1.165, 1.54) is 37.2 Å². The highest BCUT2D eigenvalue weighted by atomic mass is 32.2. The number of halogens is 4. The second kappa shape index (κ2) is 12.4. The summed E-state index contributed by atoms with van der Waals surface area (Å²) in [5.41, 5.74) is 0.878. The van der Waals surface area contributed by atoms with Crippen LogP contribution in [0.5, 0.6) is 0 Å². The lowest BCUT2D eigenvalue weighted by molar-refractivity contribution is 0.102. The van der Waals surface area contributed by atoms with Gasteiger partial charge in [0.2, 0.25) is 5.78 Å². The van der Waals surface area contributed by atoms with E-state index in [4.69, 9.17) is 0 Å². The Morgan fingerprint density at radius 3 is 1.78 bits per heavy atom. The summed E-state index contributed by atoms with van der Waals surface area (Å²) < 4.78 is 39.0. The maximum absolute atomic E-state index is 12.2. The average Bonchev–Trinajstić information content (AvgIpc) is 2.49. The fourth-order valence-corrected chi connectivity index (χ4v) is 4.26. The van der Waals surface area contributed by atoms with Gasteiger partial charge in [-0.2, -0.15) is 0 Å². The summed E-state index contributed by atoms with van der Waals surface area (Å²) >= 11 is 0. The molecule has 0 amide bonds. The summed E-state index contributed by atoms with van der Waals surface area (Å²) in [5, 5.41) is 0. The topological polar surface area (TPSA) is 17.1 Å². The van der Waals surface area contributed by atoms with E-state index in [0.29, 0.717) is 16.7 Å². The zero-order valence-corrected chi connectivity index (χ0v) is 14.6. The summed E-state index contributed by atoms with van der Waals surface area (Å²) in [6.07, 6.45) is 4.98. The number of unbranched alkanes of at least 4 members (excludes halogenated alkanes) is 2. The van der Waals surface area contributed by atoms with Gasteiger partial charge in [0.05, 0.1) is 0 Å². The number of ketones is 1. The molecular formula is C16H25BF4OS. The molecule has 23 heavy (non-hydrogen) atoms. The van der Waals surface area contributed by atoms with E-state index in [1.807, 2.05) is 30.3 Å². The average molecular weight is 352 g/mol. The molecule has 0 radical (unpaired) electrons. The monoisotopic (exact) mass is 352 g/mol. The van der Waals surface area contributed by atoms with Crippen molar-refractivity contribution < 1.29 is 22.1 Å². The van der Waals surface area contributed by atoms with Gasteiger partial charge < -0.3 is 17.3 Å². The van der Waals surface area contributed by atoms with Crippen LogP contribution in [0.3, 0.4) is 0 Å². The molecule has 1 aromatic rings. The van der Waals surface area contributed by atoms with Gasteiger partial charge in [-0.25, -0.2) is 0 Å². The number of Topliss-reactive ketones (excluding diaryl/α,β-unsaturated/α-hetero) is 1. The van der Waals surface area contributed by atoms with Crippen LogP contribution < -0.4 is 0 Å². The Morgan fingerprint density at radius 2 is 1.39 bits per heavy atom. The van der Waals surface area contributed by atoms with Crippen molar-refractivity contribution in [2.75, 3.05) is 17.3 Å². The van der Waals surface area contributed by atoms with Crippen molar-refractivity contribution in [1.29, 1.82) is 0 Å². The Balaban J connectivity index is 0.000000841. The molecule has 0 aromatic heterocycles. The molecular weight excluding hydrogens is 327 g/mol. The van der Waals surface area contributed by atoms with Crippen LogP contribution in [-0.4, -0.2) is 30.3 Å². The van der Waals surface area contributed by atoms with Gasteiger partial charge in [0.15, 0.2) is 5.75 Å². The normalized spacial score (nSPS) is 11.1. The maximum Gasteiger partial charge on any atom is 0.673 e. The molecule has 0 saturated heterocycles. The summed E-state index contributed by atoms with van der Waals surface area (Å²) in [4.78, 5) is 12.2. The van der Waals surface area contributed by atoms with Crippen molar-refractivity contribution in [3.05, 3.63) is 35.9 Å². The van der Waals surface area contributed by atoms with Crippen LogP contribution in [0.25, 0.3) is 0 Å². The molecule has 1 rings (SSSR count). The van der Waals surface area contributed by atoms with Crippen LogP contribution in [0, 0.1) is 0 Å². The number of carbonyl (C=O) groups is 1. The predicted octanol–water partition coefficient (Wildman–Crippen LogP) is 5.39. The highest BCUT2D eigenvalue weighted by Gasteiger charge is 2.22. The number of rotatable bonds is 9. The van der Waals surface area contributed by atoms with Gasteiger partial charge >= 0.3 is 7.25 Å². The lowest BCUT2D eigenvalue weighted by Crippen LogP contribution is -2.22. The molecule has 0 bridgehead atoms. The van der Waals surface area contributed by atoms with Gasteiger partial charge in [0.1, 0.15) is 11.5 Å². The highest BCUT2D eigenvalue weighted by Crippen LogP contribution is 2.10. The number of hydrogen-bond donors (Lipinski definition) is 0. The van der Waals surface area contributed by atoms with E-state index in [0.717, 1.165) is 11.3 Å². The first-order valence-corrected chi connectivity index (χ1v) is 9.60. The highest BCUT2D eigenvalue weighted by molar-refractivity contribution is 7.97. The van der Waals surface area contributed by atoms with Crippen LogP contribution >= 0.6 is 0 Å². The van der Waals surface area contributed by atoms with E-state index in [-0.39, 0.29) is 0 Å². The van der Waals surface area contributed by atoms with Crippen LogP contribution in [-0.2, 0) is 10.9 Å². The van der Waals surface area contributed by atoms with Crippen molar-refractivity contribution in [3.8, 4) is 0 Å². The third-order valence-electron chi connectivity index (χ3n) is 3.00. The van der Waals surface area contributed by atoms with Crippen molar-refractivity contribution in [1.82, 2.24) is 0 Å². The van der Waals surface area contributed by atoms with Crippen LogP contribution in [0.1, 0.15) is 49.9 Å². The van der Waals surface area contributed by atoms with E-state index < -0.39 is 7.25 Å². The Morgan fingerprint density at radius 1 is 0.957 bits per heavy atom. The Labute approximate surface area is 139 Å². The van der Waals surface area contributed by atoms with Crippen LogP contribution in [0.15, 0.2) is 30.3 Å². The SMILES string of the molecule is CCCC[S+](CCCC)CC(=O)c1ccccc1.F[B-](F)(F)F. The third-order valence-corrected chi connectivity index (χ3v) is 5.41. The van der Waals surface area contributed by atoms with Gasteiger partial charge in [0, 0.05) is 5.56 Å². The smallest absolute Gasteiger partial charge is 0.418 e. The molecule has 1 aromatic carbocycles. The van der Waals surface area contributed by atoms with Crippen molar-refractivity contribution >= 4 is 23.9 Å². The third kappa shape index (κ3) is 14.4. The predicted molar refractivity (Wildman–Crippen MR) is 92.7 cm³/mol. The Kier molecular flexibility index (Phi) is 11.9. The molecule has 1 nitrogen and oxygen atoms in total. The molecule has 0 aliphatic rings. The van der Waals surface area contributed by atoms with E-state index in [1.54, 1.807) is 0 Å². The van der Waals surface area contributed by atoms with Gasteiger partial charge in [0.25, 0.3) is 0 Å². The lowest BCUT2D eigenvalue weighted by atomic mass is 10.2. The summed E-state index contributed by atoms with van der Waals surface area (Å²) in [6, 6.07) is 9.73. The Hall–Kier alpha value is -0.975. The summed E-state index contributed by atoms with van der Waals surface area (Å²) in [5.74, 6) is 3.54. The fourth-order valence-electron chi connectivity index (χ4n) is 1.84. The first-order chi connectivity index (χ1) is 10.8. The lowest BCUT2D eigenvalue weighted by Gasteiger charge is -2.07. The molecule has 0 saturated carbocycles. The van der Waals surface area contributed by atoms with Gasteiger partial charge in [-0.3, -0.25) is 4.79 Å².